The monoisotopic (exact) mass is 417 g/mol. The molecule has 0 saturated carbocycles. The van der Waals surface area contributed by atoms with Crippen molar-refractivity contribution in [1.82, 2.24) is 9.97 Å². The van der Waals surface area contributed by atoms with Gasteiger partial charge in [0.2, 0.25) is 0 Å². The molecular weight excluding hydrogens is 398 g/mol. The summed E-state index contributed by atoms with van der Waals surface area (Å²) in [7, 11) is 0. The summed E-state index contributed by atoms with van der Waals surface area (Å²) in [5, 5.41) is 38.5. The number of carboxylic acid groups (broad SMARTS) is 1. The molecule has 0 aliphatic carbocycles. The van der Waals surface area contributed by atoms with Crippen LogP contribution in [0.25, 0.3) is 33.5 Å². The number of carbonyl (C=O) groups is 1. The molecule has 1 heterocycles. The summed E-state index contributed by atoms with van der Waals surface area (Å²) in [5.74, 6) is -1.46. The van der Waals surface area contributed by atoms with Gasteiger partial charge in [-0.05, 0) is 48.0 Å². The average molecular weight is 417 g/mol. The number of aromatic amines is 1. The van der Waals surface area contributed by atoms with Crippen LogP contribution in [0.4, 0.5) is 0 Å². The zero-order valence-corrected chi connectivity index (χ0v) is 16.2. The molecule has 3 aromatic carbocycles. The van der Waals surface area contributed by atoms with Gasteiger partial charge >= 0.3 is 5.97 Å². The quantitative estimate of drug-likeness (QED) is 0.192. The highest BCUT2D eigenvalue weighted by molar-refractivity contribution is 5.99. The van der Waals surface area contributed by atoms with E-state index in [9.17, 15) is 20.1 Å². The summed E-state index contributed by atoms with van der Waals surface area (Å²) in [6.07, 6.45) is 0. The minimum atomic E-state index is -1.20. The molecule has 0 amide bonds. The van der Waals surface area contributed by atoms with Crippen LogP contribution in [0.15, 0.2) is 48.5 Å². The molecule has 0 saturated heterocycles. The minimum absolute atomic E-state index is 0.0924. The fraction of sp³-hybridized carbons (Fsp3) is 0.0455. The van der Waals surface area contributed by atoms with Crippen LogP contribution in [0.3, 0.4) is 0 Å². The second-order valence-corrected chi connectivity index (χ2v) is 7.01. The molecule has 9 N–H and O–H groups in total. The average Bonchev–Trinajstić information content (AvgIpc) is 3.17. The lowest BCUT2D eigenvalue weighted by Gasteiger charge is -2.13. The number of amidine groups is 1. The number of hydrogen-bond donors (Lipinski definition) is 7. The van der Waals surface area contributed by atoms with Gasteiger partial charge in [-0.25, -0.2) is 9.78 Å². The Hall–Kier alpha value is -4.37. The van der Waals surface area contributed by atoms with Gasteiger partial charge in [0.1, 0.15) is 23.2 Å². The number of nitrogen functional groups attached to an aromatic ring is 1. The molecule has 31 heavy (non-hydrogen) atoms. The number of aromatic carboxylic acids is 1. The number of nitrogens with one attached hydrogen (secondary N) is 2. The van der Waals surface area contributed by atoms with E-state index in [4.69, 9.17) is 16.9 Å². The van der Waals surface area contributed by atoms with E-state index in [1.165, 1.54) is 18.2 Å². The van der Waals surface area contributed by atoms with Gasteiger partial charge in [0.05, 0.1) is 22.2 Å². The van der Waals surface area contributed by atoms with Gasteiger partial charge in [-0.15, -0.1) is 0 Å². The van der Waals surface area contributed by atoms with Crippen LogP contribution >= 0.6 is 0 Å². The van der Waals surface area contributed by atoms with Crippen LogP contribution in [-0.4, -0.2) is 37.1 Å². The van der Waals surface area contributed by atoms with E-state index in [0.29, 0.717) is 22.2 Å². The van der Waals surface area contributed by atoms with Crippen LogP contribution in [0, 0.1) is 5.41 Å². The molecule has 0 unspecified atom stereocenters. The predicted molar refractivity (Wildman–Crippen MR) is 116 cm³/mol. The van der Waals surface area contributed by atoms with Gasteiger partial charge in [0, 0.05) is 23.2 Å². The fourth-order valence-electron chi connectivity index (χ4n) is 3.37. The minimum Gasteiger partial charge on any atom is -0.507 e. The summed E-state index contributed by atoms with van der Waals surface area (Å²) in [6, 6.07) is 12.2. The Labute approximate surface area is 176 Å². The third-order valence-electron chi connectivity index (χ3n) is 4.99. The molecule has 4 rings (SSSR count). The third kappa shape index (κ3) is 3.53. The van der Waals surface area contributed by atoms with E-state index in [1.807, 2.05) is 0 Å². The molecule has 4 aromatic rings. The number of phenolic OH excluding ortho intramolecular Hbond substituents is 2. The first-order valence-electron chi connectivity index (χ1n) is 9.25. The lowest BCUT2D eigenvalue weighted by atomic mass is 9.95. The maximum Gasteiger partial charge on any atom is 0.335 e. The topological polar surface area (TPSA) is 182 Å². The maximum atomic E-state index is 11.7. The number of aromatic hydroxyl groups is 2. The van der Waals surface area contributed by atoms with E-state index in [1.54, 1.807) is 30.3 Å². The number of nitrogens with zero attached hydrogens (tertiary/aromatic N) is 1. The molecule has 0 bridgehead atoms. The Morgan fingerprint density at radius 3 is 2.42 bits per heavy atom. The molecule has 9 nitrogen and oxygen atoms in total. The van der Waals surface area contributed by atoms with Crippen molar-refractivity contribution >= 4 is 22.8 Å². The first-order valence-corrected chi connectivity index (χ1v) is 9.25. The van der Waals surface area contributed by atoms with Crippen molar-refractivity contribution in [3.05, 3.63) is 65.2 Å². The summed E-state index contributed by atoms with van der Waals surface area (Å²) >= 11 is 0. The van der Waals surface area contributed by atoms with Crippen molar-refractivity contribution in [2.24, 2.45) is 11.5 Å². The second kappa shape index (κ2) is 7.47. The van der Waals surface area contributed by atoms with Crippen LogP contribution in [0.2, 0.25) is 0 Å². The molecule has 0 radical (unpaired) electrons. The fourth-order valence-corrected chi connectivity index (χ4v) is 3.37. The van der Waals surface area contributed by atoms with Crippen molar-refractivity contribution in [3.63, 3.8) is 0 Å². The number of phenols is 2. The number of benzene rings is 3. The molecular formula is C22H19N5O4. The molecule has 9 heteroatoms. The molecule has 0 aliphatic heterocycles. The highest BCUT2D eigenvalue weighted by Gasteiger charge is 2.20. The Bertz CT molecular complexity index is 1360. The van der Waals surface area contributed by atoms with Crippen molar-refractivity contribution in [1.29, 1.82) is 5.41 Å². The van der Waals surface area contributed by atoms with E-state index in [0.717, 1.165) is 0 Å². The highest BCUT2D eigenvalue weighted by Crippen LogP contribution is 2.42. The molecule has 156 valence electrons. The number of imidazole rings is 1. The Kier molecular flexibility index (Phi) is 4.80. The molecule has 0 atom stereocenters. The zero-order valence-electron chi connectivity index (χ0n) is 16.2. The number of H-pyrrole nitrogens is 1. The zero-order chi connectivity index (χ0) is 22.3. The number of carboxylic acids is 1. The largest absolute Gasteiger partial charge is 0.507 e. The summed E-state index contributed by atoms with van der Waals surface area (Å²) in [5.41, 5.74) is 14.0. The van der Waals surface area contributed by atoms with Crippen molar-refractivity contribution in [2.75, 3.05) is 0 Å². The lowest BCUT2D eigenvalue weighted by molar-refractivity contribution is 0.0697. The van der Waals surface area contributed by atoms with Crippen molar-refractivity contribution in [2.45, 2.75) is 6.54 Å². The normalized spacial score (nSPS) is 11.0. The first kappa shape index (κ1) is 19.9. The Morgan fingerprint density at radius 1 is 1.00 bits per heavy atom. The summed E-state index contributed by atoms with van der Waals surface area (Å²) in [6.45, 7) is 0.210. The van der Waals surface area contributed by atoms with Gasteiger partial charge < -0.3 is 31.8 Å². The number of rotatable bonds is 5. The number of nitrogens with two attached hydrogens (primary N) is 2. The van der Waals surface area contributed by atoms with Crippen LogP contribution in [-0.2, 0) is 6.54 Å². The smallest absolute Gasteiger partial charge is 0.335 e. The Balaban J connectivity index is 1.96. The van der Waals surface area contributed by atoms with Crippen LogP contribution < -0.4 is 11.5 Å². The van der Waals surface area contributed by atoms with Crippen LogP contribution in [0.1, 0.15) is 21.5 Å². The molecule has 1 aromatic heterocycles. The van der Waals surface area contributed by atoms with E-state index in [-0.39, 0.29) is 52.0 Å². The second-order valence-electron chi connectivity index (χ2n) is 7.01. The predicted octanol–water partition coefficient (Wildman–Crippen LogP) is 2.75. The van der Waals surface area contributed by atoms with Crippen molar-refractivity contribution < 1.29 is 20.1 Å². The van der Waals surface area contributed by atoms with E-state index < -0.39 is 5.97 Å². The standard InChI is InChI=1S/C22H19N5O4/c23-9-10-1-4-18(28)13(5-10)14-6-12(22(30)31)7-15(19(14)29)21-26-16-3-2-11(20(24)25)8-17(16)27-21/h1-8,28-29H,9,23H2,(H3,24,25)(H,26,27)(H,30,31). The summed E-state index contributed by atoms with van der Waals surface area (Å²) in [4.78, 5) is 19.2. The van der Waals surface area contributed by atoms with Crippen LogP contribution in [0.5, 0.6) is 11.5 Å². The molecule has 0 spiro atoms. The number of fused-ring (bicyclic) bond motifs is 1. The van der Waals surface area contributed by atoms with Gasteiger partial charge in [0.15, 0.2) is 0 Å². The summed E-state index contributed by atoms with van der Waals surface area (Å²) < 4.78 is 0. The lowest BCUT2D eigenvalue weighted by Crippen LogP contribution is -2.10. The number of hydrogen-bond acceptors (Lipinski definition) is 6. The van der Waals surface area contributed by atoms with Gasteiger partial charge in [-0.2, -0.15) is 0 Å². The first-order chi connectivity index (χ1) is 14.8. The molecule has 0 aliphatic rings. The molecule has 0 fully saturated rings. The van der Waals surface area contributed by atoms with Crippen molar-refractivity contribution in [3.8, 4) is 34.0 Å². The Morgan fingerprint density at radius 2 is 1.74 bits per heavy atom. The SMILES string of the molecule is N=C(N)c1ccc2nc(-c3cc(C(=O)O)cc(-c4cc(CN)ccc4O)c3O)[nH]c2c1. The number of aromatic nitrogens is 2. The van der Waals surface area contributed by atoms with Gasteiger partial charge in [-0.1, -0.05) is 6.07 Å². The van der Waals surface area contributed by atoms with E-state index in [2.05, 4.69) is 9.97 Å². The van der Waals surface area contributed by atoms with E-state index >= 15 is 0 Å². The van der Waals surface area contributed by atoms with Gasteiger partial charge in [0.25, 0.3) is 0 Å². The third-order valence-corrected chi connectivity index (χ3v) is 4.99. The van der Waals surface area contributed by atoms with Gasteiger partial charge in [-0.3, -0.25) is 5.41 Å². The maximum absolute atomic E-state index is 11.7. The highest BCUT2D eigenvalue weighted by atomic mass is 16.4.